The molecule has 0 bridgehead atoms. The number of nitrogens with two attached hydrogens (primary N) is 1. The fourth-order valence-electron chi connectivity index (χ4n) is 3.55. The second-order valence-electron chi connectivity index (χ2n) is 7.66. The van der Waals surface area contributed by atoms with Crippen LogP contribution >= 0.6 is 24.0 Å². The number of guanidine groups is 1. The second-order valence-corrected chi connectivity index (χ2v) is 7.66. The smallest absolute Gasteiger partial charge is 0.188 e. The van der Waals surface area contributed by atoms with E-state index < -0.39 is 0 Å². The Morgan fingerprint density at radius 1 is 1.17 bits per heavy atom. The van der Waals surface area contributed by atoms with Crippen molar-refractivity contribution in [3.8, 4) is 0 Å². The lowest BCUT2D eigenvalue weighted by atomic mass is 9.96. The van der Waals surface area contributed by atoms with Gasteiger partial charge in [0.1, 0.15) is 0 Å². The Morgan fingerprint density at radius 2 is 1.74 bits per heavy atom. The highest BCUT2D eigenvalue weighted by atomic mass is 127. The summed E-state index contributed by atoms with van der Waals surface area (Å²) in [5.41, 5.74) is 6.10. The van der Waals surface area contributed by atoms with E-state index in [0.717, 1.165) is 19.6 Å². The zero-order chi connectivity index (χ0) is 16.2. The Kier molecular flexibility index (Phi) is 8.58. The summed E-state index contributed by atoms with van der Waals surface area (Å²) in [6.45, 7) is 11.4. The van der Waals surface area contributed by atoms with Crippen molar-refractivity contribution >= 4 is 29.9 Å². The van der Waals surface area contributed by atoms with Crippen LogP contribution in [0.25, 0.3) is 0 Å². The molecule has 23 heavy (non-hydrogen) atoms. The predicted octanol–water partition coefficient (Wildman–Crippen LogP) is 2.73. The molecular weight excluding hydrogens is 403 g/mol. The Balaban J connectivity index is 0.00000264. The molecule has 1 aliphatic heterocycles. The van der Waals surface area contributed by atoms with Crippen LogP contribution in [-0.2, 0) is 4.74 Å². The molecule has 0 aromatic carbocycles. The van der Waals surface area contributed by atoms with Crippen LogP contribution in [0, 0.1) is 0 Å². The predicted molar refractivity (Wildman–Crippen MR) is 108 cm³/mol. The number of halogens is 1. The van der Waals surface area contributed by atoms with Gasteiger partial charge in [0.2, 0.25) is 0 Å². The molecule has 2 aliphatic rings. The fraction of sp³-hybridized carbons (Fsp3) is 0.941. The number of ether oxygens (including phenoxy) is 1. The van der Waals surface area contributed by atoms with Gasteiger partial charge < -0.3 is 15.8 Å². The van der Waals surface area contributed by atoms with Gasteiger partial charge in [-0.3, -0.25) is 9.89 Å². The standard InChI is InChI=1S/C17H34N4O.HI/c1-13-10-21(11-14(2)22-13)17(3,4)12-19-16(18)20-15-8-6-5-7-9-15;/h13-15H,5-12H2,1-4H3,(H3,18,19,20);1H. The van der Waals surface area contributed by atoms with Crippen molar-refractivity contribution in [3.05, 3.63) is 0 Å². The monoisotopic (exact) mass is 438 g/mol. The van der Waals surface area contributed by atoms with E-state index in [-0.39, 0.29) is 41.7 Å². The largest absolute Gasteiger partial charge is 0.373 e. The molecule has 0 amide bonds. The molecule has 2 atom stereocenters. The number of hydrogen-bond acceptors (Lipinski definition) is 3. The van der Waals surface area contributed by atoms with Gasteiger partial charge in [-0.1, -0.05) is 19.3 Å². The molecule has 1 saturated heterocycles. The molecule has 6 heteroatoms. The summed E-state index contributed by atoms with van der Waals surface area (Å²) in [5, 5.41) is 3.40. The average Bonchev–Trinajstić information content (AvgIpc) is 2.45. The van der Waals surface area contributed by atoms with E-state index in [1.807, 2.05) is 0 Å². The van der Waals surface area contributed by atoms with Gasteiger partial charge in [-0.05, 0) is 40.5 Å². The van der Waals surface area contributed by atoms with Crippen molar-refractivity contribution in [3.63, 3.8) is 0 Å². The lowest BCUT2D eigenvalue weighted by Gasteiger charge is -2.44. The minimum atomic E-state index is 0. The van der Waals surface area contributed by atoms with Crippen LogP contribution in [0.15, 0.2) is 4.99 Å². The van der Waals surface area contributed by atoms with Crippen molar-refractivity contribution in [2.75, 3.05) is 19.6 Å². The third-order valence-corrected chi connectivity index (χ3v) is 4.87. The number of hydrogen-bond donors (Lipinski definition) is 2. The maximum Gasteiger partial charge on any atom is 0.188 e. The average molecular weight is 438 g/mol. The molecule has 1 saturated carbocycles. The van der Waals surface area contributed by atoms with Gasteiger partial charge in [0.25, 0.3) is 0 Å². The maximum absolute atomic E-state index is 6.09. The summed E-state index contributed by atoms with van der Waals surface area (Å²) in [7, 11) is 0. The van der Waals surface area contributed by atoms with Crippen LogP contribution in [0.2, 0.25) is 0 Å². The molecule has 1 aliphatic carbocycles. The SMILES string of the molecule is CC1CN(C(C)(C)CN=C(N)NC2CCCCC2)CC(C)O1.I. The molecule has 136 valence electrons. The van der Waals surface area contributed by atoms with E-state index in [1.165, 1.54) is 32.1 Å². The Morgan fingerprint density at radius 3 is 2.30 bits per heavy atom. The fourth-order valence-corrected chi connectivity index (χ4v) is 3.55. The van der Waals surface area contributed by atoms with Crippen LogP contribution in [0.3, 0.4) is 0 Å². The van der Waals surface area contributed by atoms with Crippen molar-refractivity contribution < 1.29 is 4.74 Å². The lowest BCUT2D eigenvalue weighted by Crippen LogP contribution is -2.56. The van der Waals surface area contributed by atoms with E-state index in [9.17, 15) is 0 Å². The molecule has 0 radical (unpaired) electrons. The van der Waals surface area contributed by atoms with Crippen LogP contribution in [-0.4, -0.2) is 54.3 Å². The molecule has 2 unspecified atom stereocenters. The van der Waals surface area contributed by atoms with Gasteiger partial charge >= 0.3 is 0 Å². The molecule has 3 N–H and O–H groups in total. The van der Waals surface area contributed by atoms with Gasteiger partial charge in [0, 0.05) is 24.7 Å². The summed E-state index contributed by atoms with van der Waals surface area (Å²) >= 11 is 0. The zero-order valence-electron chi connectivity index (χ0n) is 15.2. The third kappa shape index (κ3) is 6.74. The number of nitrogens with zero attached hydrogens (tertiary/aromatic N) is 2. The zero-order valence-corrected chi connectivity index (χ0v) is 17.5. The summed E-state index contributed by atoms with van der Waals surface area (Å²) in [5.74, 6) is 0.606. The molecule has 5 nitrogen and oxygen atoms in total. The number of aliphatic imine (C=N–C) groups is 1. The molecule has 0 aromatic heterocycles. The highest BCUT2D eigenvalue weighted by Gasteiger charge is 2.33. The quantitative estimate of drug-likeness (QED) is 0.403. The number of rotatable bonds is 4. The molecule has 1 heterocycles. The van der Waals surface area contributed by atoms with Crippen LogP contribution in [0.4, 0.5) is 0 Å². The first-order valence-corrected chi connectivity index (χ1v) is 8.84. The highest BCUT2D eigenvalue weighted by molar-refractivity contribution is 14.0. The molecular formula is C17H35IN4O. The first kappa shape index (κ1) is 21.0. The summed E-state index contributed by atoms with van der Waals surface area (Å²) in [6, 6.07) is 0.518. The van der Waals surface area contributed by atoms with E-state index in [0.29, 0.717) is 12.0 Å². The van der Waals surface area contributed by atoms with Gasteiger partial charge in [-0.15, -0.1) is 24.0 Å². The maximum atomic E-state index is 6.09. The van der Waals surface area contributed by atoms with Crippen molar-refractivity contribution in [1.82, 2.24) is 10.2 Å². The highest BCUT2D eigenvalue weighted by Crippen LogP contribution is 2.21. The van der Waals surface area contributed by atoms with Gasteiger partial charge in [0.15, 0.2) is 5.96 Å². The molecule has 0 aromatic rings. The molecule has 2 rings (SSSR count). The molecule has 2 fully saturated rings. The van der Waals surface area contributed by atoms with Gasteiger partial charge in [-0.25, -0.2) is 0 Å². The minimum Gasteiger partial charge on any atom is -0.373 e. The summed E-state index contributed by atoms with van der Waals surface area (Å²) in [4.78, 5) is 7.09. The van der Waals surface area contributed by atoms with Crippen LogP contribution < -0.4 is 11.1 Å². The first-order chi connectivity index (χ1) is 10.4. The van der Waals surface area contributed by atoms with E-state index in [2.05, 4.69) is 42.9 Å². The van der Waals surface area contributed by atoms with E-state index in [1.54, 1.807) is 0 Å². The third-order valence-electron chi connectivity index (χ3n) is 4.87. The van der Waals surface area contributed by atoms with E-state index in [4.69, 9.17) is 10.5 Å². The minimum absolute atomic E-state index is 0. The molecule has 0 spiro atoms. The Bertz CT molecular complexity index is 373. The topological polar surface area (TPSA) is 62.9 Å². The van der Waals surface area contributed by atoms with Gasteiger partial charge in [-0.2, -0.15) is 0 Å². The lowest BCUT2D eigenvalue weighted by molar-refractivity contribution is -0.0939. The second kappa shape index (κ2) is 9.42. The number of nitrogens with one attached hydrogen (secondary N) is 1. The first-order valence-electron chi connectivity index (χ1n) is 8.84. The van der Waals surface area contributed by atoms with Crippen LogP contribution in [0.1, 0.15) is 59.8 Å². The number of morpholine rings is 1. The Hall–Kier alpha value is -0.0800. The normalized spacial score (nSPS) is 28.3. The van der Waals surface area contributed by atoms with E-state index >= 15 is 0 Å². The van der Waals surface area contributed by atoms with Crippen LogP contribution in [0.5, 0.6) is 0 Å². The Labute approximate surface area is 158 Å². The van der Waals surface area contributed by atoms with Crippen molar-refractivity contribution in [2.45, 2.75) is 83.6 Å². The summed E-state index contributed by atoms with van der Waals surface area (Å²) in [6.07, 6.45) is 6.97. The summed E-state index contributed by atoms with van der Waals surface area (Å²) < 4.78 is 5.82. The van der Waals surface area contributed by atoms with Crippen molar-refractivity contribution in [2.24, 2.45) is 10.7 Å². The van der Waals surface area contributed by atoms with Gasteiger partial charge in [0.05, 0.1) is 18.8 Å². The van der Waals surface area contributed by atoms with Crippen molar-refractivity contribution in [1.29, 1.82) is 0 Å².